The quantitative estimate of drug-likeness (QED) is 0.582. The number of carboxylic acids is 1. The van der Waals surface area contributed by atoms with Crippen LogP contribution in [0.3, 0.4) is 0 Å². The molecule has 0 unspecified atom stereocenters. The number of hydrogen-bond acceptors (Lipinski definition) is 4. The first-order chi connectivity index (χ1) is 15.7. The second-order valence-corrected chi connectivity index (χ2v) is 9.58. The van der Waals surface area contributed by atoms with Gasteiger partial charge in [-0.1, -0.05) is 63.2 Å². The lowest BCUT2D eigenvalue weighted by Crippen LogP contribution is -2.44. The van der Waals surface area contributed by atoms with E-state index in [-0.39, 0.29) is 11.3 Å². The van der Waals surface area contributed by atoms with Gasteiger partial charge in [0.2, 0.25) is 0 Å². The Morgan fingerprint density at radius 1 is 1.06 bits per heavy atom. The SMILES string of the molecule is COc1ccc2c(c1)[C@@H](c1cccc3ccccc13)O[C@H](CC(=O)O)C(=O)N2CC(C)(C)C. The number of aliphatic carboxylic acids is 1. The first-order valence-electron chi connectivity index (χ1n) is 11.0. The second kappa shape index (κ2) is 8.87. The number of anilines is 1. The van der Waals surface area contributed by atoms with E-state index in [4.69, 9.17) is 9.47 Å². The van der Waals surface area contributed by atoms with Crippen molar-refractivity contribution in [3.8, 4) is 5.75 Å². The highest BCUT2D eigenvalue weighted by molar-refractivity contribution is 6.00. The van der Waals surface area contributed by atoms with Crippen molar-refractivity contribution >= 4 is 28.3 Å². The van der Waals surface area contributed by atoms with Gasteiger partial charge < -0.3 is 19.5 Å². The number of ether oxygens (including phenoxy) is 2. The average molecular weight is 448 g/mol. The Labute approximate surface area is 193 Å². The smallest absolute Gasteiger partial charge is 0.306 e. The number of rotatable bonds is 5. The minimum Gasteiger partial charge on any atom is -0.497 e. The normalized spacial score (nSPS) is 18.7. The number of carbonyl (C=O) groups is 2. The van der Waals surface area contributed by atoms with Crippen LogP contribution in [0.5, 0.6) is 5.75 Å². The monoisotopic (exact) mass is 447 g/mol. The molecule has 4 rings (SSSR count). The third-order valence-corrected chi connectivity index (χ3v) is 5.75. The largest absolute Gasteiger partial charge is 0.497 e. The molecule has 6 heteroatoms. The lowest BCUT2D eigenvalue weighted by Gasteiger charge is -2.31. The lowest BCUT2D eigenvalue weighted by atomic mass is 9.92. The zero-order valence-electron chi connectivity index (χ0n) is 19.4. The van der Waals surface area contributed by atoms with Crippen LogP contribution in [0.15, 0.2) is 60.7 Å². The predicted octanol–water partition coefficient (Wildman–Crippen LogP) is 5.19. The van der Waals surface area contributed by atoms with Gasteiger partial charge in [0.25, 0.3) is 5.91 Å². The number of benzene rings is 3. The molecule has 0 bridgehead atoms. The summed E-state index contributed by atoms with van der Waals surface area (Å²) in [6.07, 6.45) is -2.17. The first kappa shape index (κ1) is 22.8. The van der Waals surface area contributed by atoms with Crippen LogP contribution < -0.4 is 9.64 Å². The molecule has 3 aromatic rings. The topological polar surface area (TPSA) is 76.1 Å². The third-order valence-electron chi connectivity index (χ3n) is 5.75. The number of carboxylic acid groups (broad SMARTS) is 1. The minimum atomic E-state index is -1.12. The standard InChI is InChI=1S/C27H29NO5/c1-27(2,3)16-28-22-13-12-18(32-4)14-21(22)25(33-23(26(28)31)15-24(29)30)20-11-7-9-17-8-5-6-10-19(17)20/h5-14,23,25H,15-16H2,1-4H3,(H,29,30)/t23-,25-/m1/s1. The van der Waals surface area contributed by atoms with Gasteiger partial charge in [0.05, 0.1) is 19.2 Å². The zero-order chi connectivity index (χ0) is 23.8. The van der Waals surface area contributed by atoms with Gasteiger partial charge in [-0.15, -0.1) is 0 Å². The number of amides is 1. The number of fused-ring (bicyclic) bond motifs is 2. The molecule has 172 valence electrons. The van der Waals surface area contributed by atoms with Crippen LogP contribution in [-0.2, 0) is 14.3 Å². The molecule has 1 aliphatic rings. The molecular formula is C27H29NO5. The van der Waals surface area contributed by atoms with Gasteiger partial charge >= 0.3 is 5.97 Å². The highest BCUT2D eigenvalue weighted by atomic mass is 16.5. The van der Waals surface area contributed by atoms with E-state index in [1.54, 1.807) is 12.0 Å². The van der Waals surface area contributed by atoms with Crippen molar-refractivity contribution in [2.75, 3.05) is 18.6 Å². The molecule has 0 spiro atoms. The van der Waals surface area contributed by atoms with E-state index >= 15 is 0 Å². The maximum Gasteiger partial charge on any atom is 0.306 e. The van der Waals surface area contributed by atoms with Gasteiger partial charge in [-0.3, -0.25) is 9.59 Å². The Bertz CT molecular complexity index is 1190. The van der Waals surface area contributed by atoms with Crippen LogP contribution in [0.2, 0.25) is 0 Å². The Balaban J connectivity index is 1.97. The fraction of sp³-hybridized carbons (Fsp3) is 0.333. The molecule has 2 atom stereocenters. The van der Waals surface area contributed by atoms with E-state index in [0.717, 1.165) is 21.9 Å². The Morgan fingerprint density at radius 2 is 1.79 bits per heavy atom. The van der Waals surface area contributed by atoms with Crippen molar-refractivity contribution in [3.05, 3.63) is 71.8 Å². The molecule has 1 heterocycles. The van der Waals surface area contributed by atoms with Gasteiger partial charge in [0.1, 0.15) is 18.0 Å². The maximum absolute atomic E-state index is 13.6. The fourth-order valence-corrected chi connectivity index (χ4v) is 4.36. The molecule has 0 aromatic heterocycles. The molecule has 0 aliphatic carbocycles. The zero-order valence-corrected chi connectivity index (χ0v) is 19.4. The van der Waals surface area contributed by atoms with Gasteiger partial charge in [-0.05, 0) is 39.9 Å². The summed E-state index contributed by atoms with van der Waals surface area (Å²) in [5.41, 5.74) is 2.15. The molecule has 33 heavy (non-hydrogen) atoms. The Kier molecular flexibility index (Phi) is 6.13. The second-order valence-electron chi connectivity index (χ2n) is 9.58. The highest BCUT2D eigenvalue weighted by Gasteiger charge is 2.39. The van der Waals surface area contributed by atoms with Crippen LogP contribution in [0, 0.1) is 5.41 Å². The van der Waals surface area contributed by atoms with E-state index < -0.39 is 24.6 Å². The first-order valence-corrected chi connectivity index (χ1v) is 11.0. The number of carbonyl (C=O) groups excluding carboxylic acids is 1. The fourth-order valence-electron chi connectivity index (χ4n) is 4.36. The summed E-state index contributed by atoms with van der Waals surface area (Å²) in [4.78, 5) is 27.0. The summed E-state index contributed by atoms with van der Waals surface area (Å²) in [6, 6.07) is 19.5. The van der Waals surface area contributed by atoms with Gasteiger partial charge in [-0.2, -0.15) is 0 Å². The van der Waals surface area contributed by atoms with E-state index in [1.807, 2.05) is 81.4 Å². The van der Waals surface area contributed by atoms with E-state index in [1.165, 1.54) is 0 Å². The summed E-state index contributed by atoms with van der Waals surface area (Å²) in [7, 11) is 1.59. The van der Waals surface area contributed by atoms with Gasteiger partial charge in [0, 0.05) is 12.1 Å². The van der Waals surface area contributed by atoms with Crippen molar-refractivity contribution in [1.29, 1.82) is 0 Å². The summed E-state index contributed by atoms with van der Waals surface area (Å²) in [5, 5.41) is 11.6. The summed E-state index contributed by atoms with van der Waals surface area (Å²) < 4.78 is 11.9. The molecule has 3 aromatic carbocycles. The van der Waals surface area contributed by atoms with Crippen molar-refractivity contribution in [2.45, 2.75) is 39.4 Å². The van der Waals surface area contributed by atoms with Crippen LogP contribution in [0.1, 0.15) is 44.4 Å². The molecule has 1 N–H and O–H groups in total. The van der Waals surface area contributed by atoms with Crippen molar-refractivity contribution < 1.29 is 24.2 Å². The number of methoxy groups -OCH3 is 1. The van der Waals surface area contributed by atoms with E-state index in [2.05, 4.69) is 0 Å². The molecule has 0 saturated heterocycles. The van der Waals surface area contributed by atoms with Crippen LogP contribution >= 0.6 is 0 Å². The average Bonchev–Trinajstić information content (AvgIpc) is 2.87. The summed E-state index contributed by atoms with van der Waals surface area (Å²) >= 11 is 0. The predicted molar refractivity (Wildman–Crippen MR) is 128 cm³/mol. The molecular weight excluding hydrogens is 418 g/mol. The molecule has 1 aliphatic heterocycles. The van der Waals surface area contributed by atoms with Crippen molar-refractivity contribution in [1.82, 2.24) is 0 Å². The maximum atomic E-state index is 13.6. The Hall–Kier alpha value is -3.38. The molecule has 0 saturated carbocycles. The van der Waals surface area contributed by atoms with Crippen LogP contribution in [-0.4, -0.2) is 36.7 Å². The van der Waals surface area contributed by atoms with E-state index in [9.17, 15) is 14.7 Å². The summed E-state index contributed by atoms with van der Waals surface area (Å²) in [6.45, 7) is 6.56. The molecule has 0 fully saturated rings. The van der Waals surface area contributed by atoms with Gasteiger partial charge in [-0.25, -0.2) is 0 Å². The molecule has 1 amide bonds. The van der Waals surface area contributed by atoms with Crippen molar-refractivity contribution in [2.24, 2.45) is 5.41 Å². The lowest BCUT2D eigenvalue weighted by molar-refractivity contribution is -0.147. The number of hydrogen-bond donors (Lipinski definition) is 1. The Morgan fingerprint density at radius 3 is 2.48 bits per heavy atom. The minimum absolute atomic E-state index is 0.208. The van der Waals surface area contributed by atoms with E-state index in [0.29, 0.717) is 18.0 Å². The third kappa shape index (κ3) is 4.71. The van der Waals surface area contributed by atoms with Crippen molar-refractivity contribution in [3.63, 3.8) is 0 Å². The molecule has 0 radical (unpaired) electrons. The van der Waals surface area contributed by atoms with Crippen LogP contribution in [0.25, 0.3) is 10.8 Å². The summed E-state index contributed by atoms with van der Waals surface area (Å²) in [5.74, 6) is -0.784. The van der Waals surface area contributed by atoms with Gasteiger partial charge in [0.15, 0.2) is 0 Å². The number of nitrogens with zero attached hydrogens (tertiary/aromatic N) is 1. The van der Waals surface area contributed by atoms with Crippen LogP contribution in [0.4, 0.5) is 5.69 Å². The molecule has 6 nitrogen and oxygen atoms in total. The highest BCUT2D eigenvalue weighted by Crippen LogP contribution is 2.43.